The largest absolute Gasteiger partial charge is 0.507 e. The lowest BCUT2D eigenvalue weighted by molar-refractivity contribution is -0.139. The number of ketones is 1. The lowest BCUT2D eigenvalue weighted by Crippen LogP contribution is -2.32. The van der Waals surface area contributed by atoms with Gasteiger partial charge in [0.1, 0.15) is 17.3 Å². The second-order valence-corrected chi connectivity index (χ2v) is 9.26. The number of amides is 1. The standard InChI is InChI=1S/C27H33FN2O4/c1-18(2)13-16-34-22-8-5-7-20(17-22)24-23(25(31)19-9-11-21(28)12-10-19)26(32)27(33)30(24)15-6-14-29(3)4/h5,7-12,17-18,24,31H,6,13-16H2,1-4H3/t24-/m0/s1. The Labute approximate surface area is 200 Å². The van der Waals surface area contributed by atoms with E-state index in [1.807, 2.05) is 43.3 Å². The molecule has 182 valence electrons. The Kier molecular flexibility index (Phi) is 8.45. The van der Waals surface area contributed by atoms with E-state index in [0.29, 0.717) is 36.8 Å². The van der Waals surface area contributed by atoms with Crippen LogP contribution in [-0.2, 0) is 9.59 Å². The first kappa shape index (κ1) is 25.4. The number of ether oxygens (including phenoxy) is 1. The summed E-state index contributed by atoms with van der Waals surface area (Å²) in [4.78, 5) is 29.6. The normalized spacial score (nSPS) is 17.7. The molecule has 1 aliphatic rings. The number of hydrogen-bond donors (Lipinski definition) is 1. The Balaban J connectivity index is 2.02. The first-order valence-corrected chi connectivity index (χ1v) is 11.6. The fourth-order valence-corrected chi connectivity index (χ4v) is 3.96. The van der Waals surface area contributed by atoms with Gasteiger partial charge in [-0.2, -0.15) is 0 Å². The molecule has 0 aromatic heterocycles. The number of halogens is 1. The van der Waals surface area contributed by atoms with E-state index in [0.717, 1.165) is 13.0 Å². The van der Waals surface area contributed by atoms with Crippen LogP contribution in [0.25, 0.3) is 5.76 Å². The van der Waals surface area contributed by atoms with Crippen LogP contribution in [0.15, 0.2) is 54.1 Å². The van der Waals surface area contributed by atoms with Gasteiger partial charge in [0.15, 0.2) is 0 Å². The molecule has 7 heteroatoms. The van der Waals surface area contributed by atoms with Gasteiger partial charge in [0.2, 0.25) is 0 Å². The van der Waals surface area contributed by atoms with Gasteiger partial charge in [-0.1, -0.05) is 26.0 Å². The summed E-state index contributed by atoms with van der Waals surface area (Å²) in [5.41, 5.74) is 0.956. The minimum absolute atomic E-state index is 0.000733. The molecule has 0 spiro atoms. The fraction of sp³-hybridized carbons (Fsp3) is 0.407. The molecule has 0 radical (unpaired) electrons. The molecule has 1 saturated heterocycles. The quantitative estimate of drug-likeness (QED) is 0.313. The molecular weight excluding hydrogens is 435 g/mol. The topological polar surface area (TPSA) is 70.1 Å². The molecule has 0 bridgehead atoms. The van der Waals surface area contributed by atoms with Gasteiger partial charge in [0.25, 0.3) is 11.7 Å². The van der Waals surface area contributed by atoms with Crippen molar-refractivity contribution >= 4 is 17.4 Å². The molecule has 6 nitrogen and oxygen atoms in total. The Bertz CT molecular complexity index is 1050. The SMILES string of the molecule is CC(C)CCOc1cccc([C@H]2C(=C(O)c3ccc(F)cc3)C(=O)C(=O)N2CCCN(C)C)c1. The Morgan fingerprint density at radius 3 is 2.50 bits per heavy atom. The van der Waals surface area contributed by atoms with Gasteiger partial charge in [-0.15, -0.1) is 0 Å². The number of hydrogen-bond acceptors (Lipinski definition) is 5. The molecule has 1 N–H and O–H groups in total. The Morgan fingerprint density at radius 2 is 1.85 bits per heavy atom. The van der Waals surface area contributed by atoms with Crippen molar-refractivity contribution in [2.75, 3.05) is 33.8 Å². The predicted molar refractivity (Wildman–Crippen MR) is 130 cm³/mol. The molecule has 0 saturated carbocycles. The minimum atomic E-state index is -0.763. The number of carbonyl (C=O) groups is 2. The summed E-state index contributed by atoms with van der Waals surface area (Å²) in [6.45, 7) is 5.89. The van der Waals surface area contributed by atoms with Crippen molar-refractivity contribution in [3.05, 3.63) is 71.0 Å². The summed E-state index contributed by atoms with van der Waals surface area (Å²) < 4.78 is 19.3. The number of carbonyl (C=O) groups excluding carboxylic acids is 2. The van der Waals surface area contributed by atoms with Crippen molar-refractivity contribution in [2.24, 2.45) is 5.92 Å². The van der Waals surface area contributed by atoms with Crippen LogP contribution in [0, 0.1) is 11.7 Å². The predicted octanol–water partition coefficient (Wildman–Crippen LogP) is 4.62. The van der Waals surface area contributed by atoms with Gasteiger partial charge in [-0.25, -0.2) is 4.39 Å². The van der Waals surface area contributed by atoms with Crippen LogP contribution in [0.3, 0.4) is 0 Å². The van der Waals surface area contributed by atoms with Gasteiger partial charge in [-0.05, 0) is 81.4 Å². The number of benzene rings is 2. The van der Waals surface area contributed by atoms with E-state index >= 15 is 0 Å². The molecule has 1 aliphatic heterocycles. The molecule has 0 aliphatic carbocycles. The van der Waals surface area contributed by atoms with Crippen LogP contribution in [-0.4, -0.2) is 60.4 Å². The smallest absolute Gasteiger partial charge is 0.295 e. The Hall–Kier alpha value is -3.19. The minimum Gasteiger partial charge on any atom is -0.507 e. The van der Waals surface area contributed by atoms with E-state index in [1.54, 1.807) is 0 Å². The van der Waals surface area contributed by atoms with E-state index in [2.05, 4.69) is 13.8 Å². The number of likely N-dealkylation sites (tertiary alicyclic amines) is 1. The van der Waals surface area contributed by atoms with Gasteiger partial charge in [0.05, 0.1) is 18.2 Å². The maximum absolute atomic E-state index is 13.4. The molecule has 2 aromatic rings. The molecule has 1 heterocycles. The number of aliphatic hydroxyl groups excluding tert-OH is 1. The molecule has 1 fully saturated rings. The van der Waals surface area contributed by atoms with Crippen LogP contribution < -0.4 is 4.74 Å². The van der Waals surface area contributed by atoms with Crippen molar-refractivity contribution < 1.29 is 23.8 Å². The van der Waals surface area contributed by atoms with Crippen molar-refractivity contribution in [1.29, 1.82) is 0 Å². The second kappa shape index (κ2) is 11.3. The number of nitrogens with zero attached hydrogens (tertiary/aromatic N) is 2. The monoisotopic (exact) mass is 468 g/mol. The highest BCUT2D eigenvalue weighted by atomic mass is 19.1. The average molecular weight is 469 g/mol. The van der Waals surface area contributed by atoms with Crippen molar-refractivity contribution in [2.45, 2.75) is 32.7 Å². The van der Waals surface area contributed by atoms with E-state index in [-0.39, 0.29) is 16.9 Å². The third-order valence-corrected chi connectivity index (χ3v) is 5.80. The van der Waals surface area contributed by atoms with Crippen LogP contribution in [0.2, 0.25) is 0 Å². The summed E-state index contributed by atoms with van der Waals surface area (Å²) in [6, 6.07) is 11.7. The van der Waals surface area contributed by atoms with Crippen molar-refractivity contribution in [1.82, 2.24) is 9.80 Å². The summed E-state index contributed by atoms with van der Waals surface area (Å²) >= 11 is 0. The molecular formula is C27H33FN2O4. The maximum atomic E-state index is 13.4. The highest BCUT2D eigenvalue weighted by Gasteiger charge is 2.45. The third kappa shape index (κ3) is 6.03. The van der Waals surface area contributed by atoms with Gasteiger partial charge in [0, 0.05) is 12.1 Å². The zero-order chi connectivity index (χ0) is 24.8. The summed E-state index contributed by atoms with van der Waals surface area (Å²) in [6.07, 6.45) is 1.56. The fourth-order valence-electron chi connectivity index (χ4n) is 3.96. The first-order valence-electron chi connectivity index (χ1n) is 11.6. The highest BCUT2D eigenvalue weighted by molar-refractivity contribution is 6.46. The zero-order valence-electron chi connectivity index (χ0n) is 20.3. The highest BCUT2D eigenvalue weighted by Crippen LogP contribution is 2.40. The molecule has 3 rings (SSSR count). The summed E-state index contributed by atoms with van der Waals surface area (Å²) in [7, 11) is 3.89. The summed E-state index contributed by atoms with van der Waals surface area (Å²) in [5, 5.41) is 11.1. The molecule has 1 amide bonds. The average Bonchev–Trinajstić information content (AvgIpc) is 3.04. The van der Waals surface area contributed by atoms with E-state index in [1.165, 1.54) is 29.2 Å². The molecule has 2 aromatic carbocycles. The number of rotatable bonds is 10. The number of aliphatic hydroxyl groups is 1. The third-order valence-electron chi connectivity index (χ3n) is 5.80. The Morgan fingerprint density at radius 1 is 1.15 bits per heavy atom. The lowest BCUT2D eigenvalue weighted by Gasteiger charge is -2.26. The van der Waals surface area contributed by atoms with E-state index in [4.69, 9.17) is 4.74 Å². The van der Waals surface area contributed by atoms with Crippen molar-refractivity contribution in [3.8, 4) is 5.75 Å². The zero-order valence-corrected chi connectivity index (χ0v) is 20.3. The molecule has 0 unspecified atom stereocenters. The summed E-state index contributed by atoms with van der Waals surface area (Å²) in [5.74, 6) is -1.03. The van der Waals surface area contributed by atoms with Gasteiger partial charge in [-0.3, -0.25) is 9.59 Å². The maximum Gasteiger partial charge on any atom is 0.295 e. The van der Waals surface area contributed by atoms with Gasteiger partial charge >= 0.3 is 0 Å². The van der Waals surface area contributed by atoms with Crippen LogP contribution in [0.4, 0.5) is 4.39 Å². The molecule has 34 heavy (non-hydrogen) atoms. The number of Topliss-reactive ketones (excluding diaryl/α,β-unsaturated/α-hetero) is 1. The molecule has 1 atom stereocenters. The van der Waals surface area contributed by atoms with Crippen molar-refractivity contribution in [3.63, 3.8) is 0 Å². The van der Waals surface area contributed by atoms with E-state index < -0.39 is 23.5 Å². The first-order chi connectivity index (χ1) is 16.2. The van der Waals surface area contributed by atoms with Crippen LogP contribution in [0.1, 0.15) is 43.9 Å². The lowest BCUT2D eigenvalue weighted by atomic mass is 9.95. The van der Waals surface area contributed by atoms with Crippen LogP contribution in [0.5, 0.6) is 5.75 Å². The van der Waals surface area contributed by atoms with Gasteiger partial charge < -0.3 is 19.6 Å². The van der Waals surface area contributed by atoms with E-state index in [9.17, 15) is 19.1 Å². The van der Waals surface area contributed by atoms with Crippen LogP contribution >= 0.6 is 0 Å². The second-order valence-electron chi connectivity index (χ2n) is 9.26.